The van der Waals surface area contributed by atoms with Crippen LogP contribution in [0.5, 0.6) is 23.0 Å². The van der Waals surface area contributed by atoms with E-state index in [1.807, 2.05) is 24.3 Å². The summed E-state index contributed by atoms with van der Waals surface area (Å²) >= 11 is 0. The van der Waals surface area contributed by atoms with Gasteiger partial charge in [0.15, 0.2) is 0 Å². The molecule has 0 radical (unpaired) electrons. The third kappa shape index (κ3) is 7.22. The predicted molar refractivity (Wildman–Crippen MR) is 191 cm³/mol. The zero-order valence-electron chi connectivity index (χ0n) is 29.9. The number of phenolic OH excluding ortho intramolecular Hbond substituents is 4. The Bertz CT molecular complexity index is 1460. The molecule has 0 amide bonds. The van der Waals surface area contributed by atoms with Gasteiger partial charge in [0.1, 0.15) is 23.0 Å². The maximum absolute atomic E-state index is 10.8. The lowest BCUT2D eigenvalue weighted by Gasteiger charge is -2.40. The van der Waals surface area contributed by atoms with E-state index in [0.717, 1.165) is 44.5 Å². The van der Waals surface area contributed by atoms with E-state index < -0.39 is 0 Å². The van der Waals surface area contributed by atoms with Gasteiger partial charge in [-0.3, -0.25) is 0 Å². The van der Waals surface area contributed by atoms with Crippen molar-refractivity contribution in [3.63, 3.8) is 0 Å². The summed E-state index contributed by atoms with van der Waals surface area (Å²) in [6, 6.07) is 22.9. The molecule has 0 saturated carbocycles. The number of hydrogen-bond donors (Lipinski definition) is 4. The molecule has 0 saturated heterocycles. The maximum Gasteiger partial charge on any atom is 0.115 e. The molecule has 4 aromatic rings. The fourth-order valence-corrected chi connectivity index (χ4v) is 6.91. The minimum atomic E-state index is -0.306. The maximum atomic E-state index is 10.8. The molecule has 4 aromatic carbocycles. The molecule has 0 fully saturated rings. The number of aromatic hydroxyl groups is 4. The van der Waals surface area contributed by atoms with Crippen molar-refractivity contribution in [2.24, 2.45) is 0 Å². The molecule has 4 N–H and O–H groups in total. The minimum absolute atomic E-state index is 0.214. The van der Waals surface area contributed by atoms with E-state index in [1.54, 1.807) is 24.3 Å². The Morgan fingerprint density at radius 1 is 0.326 bits per heavy atom. The second-order valence-corrected chi connectivity index (χ2v) is 17.0. The zero-order chi connectivity index (χ0) is 34.6. The quantitative estimate of drug-likeness (QED) is 0.178. The molecule has 0 bridgehead atoms. The van der Waals surface area contributed by atoms with Gasteiger partial charge in [-0.2, -0.15) is 0 Å². The van der Waals surface area contributed by atoms with Gasteiger partial charge in [-0.25, -0.2) is 0 Å². The summed E-state index contributed by atoms with van der Waals surface area (Å²) in [5, 5.41) is 43.3. The van der Waals surface area contributed by atoms with Crippen LogP contribution in [0.3, 0.4) is 0 Å². The van der Waals surface area contributed by atoms with E-state index in [0.29, 0.717) is 0 Å². The minimum Gasteiger partial charge on any atom is -0.508 e. The van der Waals surface area contributed by atoms with Crippen LogP contribution < -0.4 is 0 Å². The average Bonchev–Trinajstić information content (AvgIpc) is 2.91. The second-order valence-electron chi connectivity index (χ2n) is 17.0. The number of benzene rings is 4. The van der Waals surface area contributed by atoms with Gasteiger partial charge in [-0.1, -0.05) is 107 Å². The third-order valence-electron chi connectivity index (χ3n) is 9.05. The fraction of sp³-hybridized carbons (Fsp3) is 0.429. The number of phenols is 4. The molecule has 4 nitrogen and oxygen atoms in total. The molecular weight excluding hydrogens is 568 g/mol. The SMILES string of the molecule is CC(C)(C)c1cc(O)ccc1C(c1ccc(O)cc1C(C)(C)C)C(c1ccc(O)cc1C(C)(C)C)c1ccc(O)cc1C(C)(C)C. The summed E-state index contributed by atoms with van der Waals surface area (Å²) in [5.74, 6) is 0.301. The van der Waals surface area contributed by atoms with Gasteiger partial charge in [-0.15, -0.1) is 0 Å². The molecule has 0 spiro atoms. The van der Waals surface area contributed by atoms with Crippen molar-refractivity contribution in [3.05, 3.63) is 117 Å². The Morgan fingerprint density at radius 2 is 0.500 bits per heavy atom. The highest BCUT2D eigenvalue weighted by atomic mass is 16.3. The Balaban J connectivity index is 2.33. The van der Waals surface area contributed by atoms with Crippen molar-refractivity contribution in [2.75, 3.05) is 0 Å². The van der Waals surface area contributed by atoms with Gasteiger partial charge in [0, 0.05) is 11.8 Å². The smallest absolute Gasteiger partial charge is 0.115 e. The van der Waals surface area contributed by atoms with E-state index >= 15 is 0 Å². The van der Waals surface area contributed by atoms with Crippen LogP contribution >= 0.6 is 0 Å². The average molecular weight is 623 g/mol. The Labute approximate surface area is 276 Å². The van der Waals surface area contributed by atoms with Crippen molar-refractivity contribution in [2.45, 2.75) is 117 Å². The first kappa shape index (κ1) is 34.9. The molecule has 0 atom stereocenters. The van der Waals surface area contributed by atoms with Gasteiger partial charge < -0.3 is 20.4 Å². The molecule has 0 unspecified atom stereocenters. The molecule has 4 rings (SSSR count). The Kier molecular flexibility index (Phi) is 9.13. The third-order valence-corrected chi connectivity index (χ3v) is 9.05. The van der Waals surface area contributed by atoms with Crippen molar-refractivity contribution >= 4 is 0 Å². The van der Waals surface area contributed by atoms with Crippen LogP contribution in [-0.2, 0) is 21.7 Å². The van der Waals surface area contributed by atoms with Crippen molar-refractivity contribution in [3.8, 4) is 23.0 Å². The van der Waals surface area contributed by atoms with E-state index in [2.05, 4.69) is 107 Å². The van der Waals surface area contributed by atoms with E-state index in [9.17, 15) is 20.4 Å². The van der Waals surface area contributed by atoms with Crippen molar-refractivity contribution in [1.82, 2.24) is 0 Å². The van der Waals surface area contributed by atoms with Crippen molar-refractivity contribution in [1.29, 1.82) is 0 Å². The summed E-state index contributed by atoms with van der Waals surface area (Å²) in [7, 11) is 0. The van der Waals surface area contributed by atoms with Gasteiger partial charge in [0.2, 0.25) is 0 Å². The van der Waals surface area contributed by atoms with Crippen LogP contribution in [-0.4, -0.2) is 20.4 Å². The molecule has 4 heteroatoms. The van der Waals surface area contributed by atoms with E-state index in [4.69, 9.17) is 0 Å². The second kappa shape index (κ2) is 12.0. The normalized spacial score (nSPS) is 13.1. The van der Waals surface area contributed by atoms with Crippen LogP contribution in [0.4, 0.5) is 0 Å². The molecule has 0 aromatic heterocycles. The summed E-state index contributed by atoms with van der Waals surface area (Å²) in [5.41, 5.74) is 7.20. The van der Waals surface area contributed by atoms with Crippen LogP contribution in [0, 0.1) is 0 Å². The van der Waals surface area contributed by atoms with E-state index in [1.165, 1.54) is 0 Å². The highest BCUT2D eigenvalue weighted by molar-refractivity contribution is 5.58. The van der Waals surface area contributed by atoms with Crippen molar-refractivity contribution < 1.29 is 20.4 Å². The first-order chi connectivity index (χ1) is 21.0. The molecule has 46 heavy (non-hydrogen) atoms. The molecular formula is C42H54O4. The molecule has 0 heterocycles. The summed E-state index contributed by atoms with van der Waals surface area (Å²) in [4.78, 5) is 0. The van der Waals surface area contributed by atoms with Crippen LogP contribution in [0.1, 0.15) is 139 Å². The summed E-state index contributed by atoms with van der Waals surface area (Å²) < 4.78 is 0. The van der Waals surface area contributed by atoms with Crippen LogP contribution in [0.25, 0.3) is 0 Å². The first-order valence-corrected chi connectivity index (χ1v) is 16.3. The molecule has 246 valence electrons. The topological polar surface area (TPSA) is 80.9 Å². The van der Waals surface area contributed by atoms with Crippen LogP contribution in [0.2, 0.25) is 0 Å². The van der Waals surface area contributed by atoms with Gasteiger partial charge >= 0.3 is 0 Å². The lowest BCUT2D eigenvalue weighted by molar-refractivity contribution is 0.462. The number of rotatable bonds is 5. The Hall–Kier alpha value is -3.92. The highest BCUT2D eigenvalue weighted by Gasteiger charge is 2.39. The monoisotopic (exact) mass is 622 g/mol. The summed E-state index contributed by atoms with van der Waals surface area (Å²) in [6.45, 7) is 26.0. The lowest BCUT2D eigenvalue weighted by atomic mass is 9.63. The van der Waals surface area contributed by atoms with E-state index in [-0.39, 0.29) is 56.5 Å². The lowest BCUT2D eigenvalue weighted by Crippen LogP contribution is -2.28. The van der Waals surface area contributed by atoms with Crippen LogP contribution in [0.15, 0.2) is 72.8 Å². The number of hydrogen-bond acceptors (Lipinski definition) is 4. The van der Waals surface area contributed by atoms with Gasteiger partial charge in [0.05, 0.1) is 0 Å². The predicted octanol–water partition coefficient (Wildman–Crippen LogP) is 10.7. The highest BCUT2D eigenvalue weighted by Crippen LogP contribution is 2.53. The standard InChI is InChI=1S/C42H54O4/c1-39(2,3)33-21-25(43)13-17-29(33)37(30-18-14-26(44)22-34(30)40(4,5)6)38(31-19-15-27(45)23-35(31)41(7,8)9)32-20-16-28(46)24-36(32)42(10,11)12/h13-24,37-38,43-46H,1-12H3. The molecule has 0 aliphatic rings. The Morgan fingerprint density at radius 3 is 0.652 bits per heavy atom. The zero-order valence-corrected chi connectivity index (χ0v) is 29.9. The first-order valence-electron chi connectivity index (χ1n) is 16.3. The molecule has 0 aliphatic carbocycles. The largest absolute Gasteiger partial charge is 0.508 e. The molecule has 0 aliphatic heterocycles. The fourth-order valence-electron chi connectivity index (χ4n) is 6.91. The van der Waals surface area contributed by atoms with Gasteiger partial charge in [0.25, 0.3) is 0 Å². The van der Waals surface area contributed by atoms with Gasteiger partial charge in [-0.05, 0) is 115 Å². The summed E-state index contributed by atoms with van der Waals surface area (Å²) in [6.07, 6.45) is 0.